The predicted octanol–water partition coefficient (Wildman–Crippen LogP) is 24.3. The summed E-state index contributed by atoms with van der Waals surface area (Å²) in [6.45, 7) is 16.6. The Labute approximate surface area is 610 Å². The summed E-state index contributed by atoms with van der Waals surface area (Å²) >= 11 is 0. The Balaban J connectivity index is 1.40. The van der Waals surface area contributed by atoms with Gasteiger partial charge in [0.1, 0.15) is 34.5 Å². The Hall–Kier alpha value is -9.96. The lowest BCUT2D eigenvalue weighted by molar-refractivity contribution is 0.296. The molecule has 0 saturated heterocycles. The number of hydrogen-bond acceptors (Lipinski definition) is 12. The van der Waals surface area contributed by atoms with E-state index < -0.39 is 0 Å². The van der Waals surface area contributed by atoms with Crippen molar-refractivity contribution in [2.75, 3.05) is 39.6 Å². The van der Waals surface area contributed by atoms with E-state index in [1.807, 2.05) is 127 Å². The van der Waals surface area contributed by atoms with Crippen molar-refractivity contribution in [1.82, 2.24) is 15.0 Å². The van der Waals surface area contributed by atoms with Gasteiger partial charge in [-0.1, -0.05) is 230 Å². The fourth-order valence-electron chi connectivity index (χ4n) is 11.3. The maximum absolute atomic E-state index is 9.52. The third kappa shape index (κ3) is 28.6. The van der Waals surface area contributed by atoms with Crippen molar-refractivity contribution >= 4 is 72.9 Å². The molecule has 0 aliphatic heterocycles. The summed E-state index contributed by atoms with van der Waals surface area (Å²) in [6, 6.07) is 41.7. The third-order valence-corrected chi connectivity index (χ3v) is 17.4. The first-order valence-electron chi connectivity index (χ1n) is 37.9. The highest BCUT2D eigenvalue weighted by atomic mass is 16.5. The van der Waals surface area contributed by atoms with Gasteiger partial charge in [-0.15, -0.1) is 0 Å². The molecule has 0 fully saturated rings. The molecule has 102 heavy (non-hydrogen) atoms. The van der Waals surface area contributed by atoms with Gasteiger partial charge in [-0.3, -0.25) is 0 Å². The molecule has 0 saturated carbocycles. The van der Waals surface area contributed by atoms with Crippen molar-refractivity contribution in [3.05, 3.63) is 193 Å². The Kier molecular flexibility index (Phi) is 36.7. The van der Waals surface area contributed by atoms with Crippen LogP contribution >= 0.6 is 0 Å². The van der Waals surface area contributed by atoms with Gasteiger partial charge in [0, 0.05) is 33.4 Å². The van der Waals surface area contributed by atoms with Gasteiger partial charge in [-0.05, 0) is 164 Å². The molecule has 7 rings (SSSR count). The van der Waals surface area contributed by atoms with Gasteiger partial charge in [0.15, 0.2) is 17.5 Å². The van der Waals surface area contributed by atoms with Gasteiger partial charge < -0.3 is 28.4 Å². The second kappa shape index (κ2) is 47.2. The van der Waals surface area contributed by atoms with E-state index in [1.165, 1.54) is 0 Å². The monoisotopic (exact) mass is 1370 g/mol. The highest BCUT2D eigenvalue weighted by Crippen LogP contribution is 2.37. The molecule has 0 unspecified atom stereocenters. The number of nitrogens with zero attached hydrogens (tertiary/aromatic N) is 6. The molecule has 0 N–H and O–H groups in total. The smallest absolute Gasteiger partial charge is 0.156 e. The van der Waals surface area contributed by atoms with Gasteiger partial charge in [-0.25, -0.2) is 15.0 Å². The molecule has 0 spiro atoms. The molecule has 1 heterocycles. The van der Waals surface area contributed by atoms with E-state index in [1.54, 1.807) is 0 Å². The van der Waals surface area contributed by atoms with Crippen molar-refractivity contribution in [3.8, 4) is 52.7 Å². The van der Waals surface area contributed by atoms with Crippen molar-refractivity contribution in [2.45, 2.75) is 196 Å². The van der Waals surface area contributed by atoms with Gasteiger partial charge in [-0.2, -0.15) is 15.8 Å². The Bertz CT molecular complexity index is 3540. The van der Waals surface area contributed by atoms with Crippen LogP contribution in [0.25, 0.3) is 72.9 Å². The molecule has 0 aliphatic rings. The molecule has 0 atom stereocenters. The summed E-state index contributed by atoms with van der Waals surface area (Å²) < 4.78 is 40.2. The molecule has 534 valence electrons. The largest absolute Gasteiger partial charge is 0.493 e. The number of benzene rings is 6. The van der Waals surface area contributed by atoms with Crippen LogP contribution in [0.3, 0.4) is 0 Å². The second-order valence-electron chi connectivity index (χ2n) is 25.8. The first-order chi connectivity index (χ1) is 50.2. The normalized spacial score (nSPS) is 11.6. The second-order valence-corrected chi connectivity index (χ2v) is 25.8. The first kappa shape index (κ1) is 79.4. The molecule has 7 aromatic rings. The molecule has 0 amide bonds. The molecule has 6 aromatic carbocycles. The van der Waals surface area contributed by atoms with Crippen LogP contribution in [0.15, 0.2) is 109 Å². The molecule has 0 aliphatic carbocycles. The van der Waals surface area contributed by atoms with E-state index in [-0.39, 0.29) is 0 Å². The summed E-state index contributed by atoms with van der Waals surface area (Å²) in [7, 11) is 0. The van der Waals surface area contributed by atoms with Crippen LogP contribution in [0.2, 0.25) is 0 Å². The summed E-state index contributed by atoms with van der Waals surface area (Å²) in [5.74, 6) is 5.55. The lowest BCUT2D eigenvalue weighted by atomic mass is 10.1. The van der Waals surface area contributed by atoms with Gasteiger partial charge >= 0.3 is 0 Å². The van der Waals surface area contributed by atoms with E-state index in [4.69, 9.17) is 43.4 Å². The lowest BCUT2D eigenvalue weighted by Crippen LogP contribution is -2.03. The molecule has 0 bridgehead atoms. The van der Waals surface area contributed by atoms with Crippen LogP contribution in [-0.2, 0) is 0 Å². The lowest BCUT2D eigenvalue weighted by Gasteiger charge is -2.16. The maximum Gasteiger partial charge on any atom is 0.156 e. The SMILES string of the molecule is CCCCCCOc1cc(/C=C/c2nc(/C=C/c3cc(OCCCCCC)c(/C=C/c4ccc(C#N)cc4)cc3OCCCCCC)nc(/C=C/c3cc(OCCCCCC)c(/C=C/c4ccc(C#N)cc4)cc3OCCCCCC)n2)c(OCCCCCC)cc1/C=C/c1ccc(C#N)cc1. The average Bonchev–Trinajstić information content (AvgIpc) is 0.828. The predicted molar refractivity (Wildman–Crippen MR) is 424 cm³/mol. The van der Waals surface area contributed by atoms with Gasteiger partial charge in [0.2, 0.25) is 0 Å². The van der Waals surface area contributed by atoms with E-state index in [0.29, 0.717) is 91.1 Å². The van der Waals surface area contributed by atoms with Gasteiger partial charge in [0.25, 0.3) is 0 Å². The topological polar surface area (TPSA) is 165 Å². The highest BCUT2D eigenvalue weighted by molar-refractivity contribution is 5.82. The quantitative estimate of drug-likeness (QED) is 0.0262. The fraction of sp³-hybridized carbons (Fsp3) is 0.400. The summed E-state index contributed by atoms with van der Waals surface area (Å²) in [5, 5.41) is 28.6. The van der Waals surface area contributed by atoms with Crippen LogP contribution in [0.1, 0.15) is 280 Å². The third-order valence-electron chi connectivity index (χ3n) is 17.4. The van der Waals surface area contributed by atoms with E-state index in [2.05, 4.69) is 114 Å². The van der Waals surface area contributed by atoms with Crippen molar-refractivity contribution in [2.24, 2.45) is 0 Å². The number of aromatic nitrogens is 3. The molecular formula is C90H108N6O6. The molecule has 12 nitrogen and oxygen atoms in total. The zero-order chi connectivity index (χ0) is 72.0. The Morgan fingerprint density at radius 1 is 0.245 bits per heavy atom. The number of hydrogen-bond donors (Lipinski definition) is 0. The van der Waals surface area contributed by atoms with E-state index in [0.717, 1.165) is 221 Å². The summed E-state index contributed by atoms with van der Waals surface area (Å²) in [4.78, 5) is 15.5. The van der Waals surface area contributed by atoms with Crippen LogP contribution < -0.4 is 28.4 Å². The van der Waals surface area contributed by atoms with Crippen molar-refractivity contribution < 1.29 is 28.4 Å². The zero-order valence-electron chi connectivity index (χ0n) is 61.7. The van der Waals surface area contributed by atoms with Crippen LogP contribution in [0.4, 0.5) is 0 Å². The Morgan fingerprint density at radius 3 is 0.608 bits per heavy atom. The number of unbranched alkanes of at least 4 members (excludes halogenated alkanes) is 18. The zero-order valence-corrected chi connectivity index (χ0v) is 61.7. The molecule has 0 radical (unpaired) electrons. The average molecular weight is 1370 g/mol. The maximum atomic E-state index is 9.52. The molecule has 12 heteroatoms. The van der Waals surface area contributed by atoms with E-state index >= 15 is 0 Å². The fourth-order valence-corrected chi connectivity index (χ4v) is 11.3. The van der Waals surface area contributed by atoms with Crippen LogP contribution in [0.5, 0.6) is 34.5 Å². The highest BCUT2D eigenvalue weighted by Gasteiger charge is 2.16. The number of nitriles is 3. The molecule has 1 aromatic heterocycles. The van der Waals surface area contributed by atoms with E-state index in [9.17, 15) is 15.8 Å². The molecular weight excluding hydrogens is 1260 g/mol. The van der Waals surface area contributed by atoms with Crippen LogP contribution in [-0.4, -0.2) is 54.6 Å². The van der Waals surface area contributed by atoms with Crippen LogP contribution in [0, 0.1) is 34.0 Å². The number of rotatable bonds is 48. The number of ether oxygens (including phenoxy) is 6. The van der Waals surface area contributed by atoms with Crippen molar-refractivity contribution in [1.29, 1.82) is 15.8 Å². The Morgan fingerprint density at radius 2 is 0.431 bits per heavy atom. The standard InChI is InChI=1S/C90H108N6O6/c1-7-13-19-25-55-97-82-64-79(85(100-58-28-22-16-10-4)61-76(82)46-43-70-31-37-73(67-91)38-32-70)49-52-88-94-89(53-50-80-65-83(98-56-26-20-14-8-2)77(62-86(80)101-59-29-23-17-11-5)47-44-71-33-39-74(68-92)40-34-71)96-90(95-88)54-51-81-66-84(99-57-27-21-15-9-3)78(63-87(81)102-60-30-24-18-12-6)48-45-72-35-41-75(69-93)42-36-72/h31-54,61-66H,7-30,55-60H2,1-6H3/b46-43+,47-44+,48-45+,52-49+,53-50+,54-51+. The summed E-state index contributed by atoms with van der Waals surface area (Å²) in [5.41, 5.74) is 9.78. The first-order valence-corrected chi connectivity index (χ1v) is 37.9. The van der Waals surface area contributed by atoms with Gasteiger partial charge in [0.05, 0.1) is 74.5 Å². The summed E-state index contributed by atoms with van der Waals surface area (Å²) in [6.07, 6.45) is 49.5. The minimum absolute atomic E-state index is 0.420. The minimum Gasteiger partial charge on any atom is -0.493 e. The van der Waals surface area contributed by atoms with Crippen molar-refractivity contribution in [3.63, 3.8) is 0 Å². The minimum atomic E-state index is 0.420.